The van der Waals surface area contributed by atoms with Crippen molar-refractivity contribution in [3.8, 4) is 11.4 Å². The molecule has 166 valence electrons. The van der Waals surface area contributed by atoms with E-state index in [9.17, 15) is 24.2 Å². The molecular formula is C18H17F5N6OS. The number of halogens is 5. The molecule has 1 aromatic carbocycles. The van der Waals surface area contributed by atoms with E-state index in [1.54, 1.807) is 14.0 Å². The Balaban J connectivity index is 1.90. The highest BCUT2D eigenvalue weighted by atomic mass is 32.5. The number of hydrogen-bond acceptors (Lipinski definition) is 6. The van der Waals surface area contributed by atoms with Gasteiger partial charge in [-0.05, 0) is 37.3 Å². The maximum atomic E-state index is 13.0. The fourth-order valence-corrected chi connectivity index (χ4v) is 3.15. The molecule has 0 atom stereocenters. The highest BCUT2D eigenvalue weighted by molar-refractivity contribution is 8.45. The molecule has 0 unspecified atom stereocenters. The molecule has 0 saturated heterocycles. The van der Waals surface area contributed by atoms with Crippen molar-refractivity contribution in [2.24, 2.45) is 0 Å². The van der Waals surface area contributed by atoms with Gasteiger partial charge in [0.05, 0.1) is 0 Å². The topological polar surface area (TPSA) is 83.9 Å². The molecule has 1 amide bonds. The van der Waals surface area contributed by atoms with E-state index in [-0.39, 0.29) is 35.1 Å². The molecule has 3 rings (SSSR count). The first-order valence-corrected chi connectivity index (χ1v) is 10.7. The van der Waals surface area contributed by atoms with Crippen molar-refractivity contribution in [3.05, 3.63) is 54.6 Å². The Labute approximate surface area is 174 Å². The highest BCUT2D eigenvalue weighted by Crippen LogP contribution is 3.02. The van der Waals surface area contributed by atoms with Gasteiger partial charge in [-0.3, -0.25) is 9.78 Å². The lowest BCUT2D eigenvalue weighted by Gasteiger charge is -2.40. The van der Waals surface area contributed by atoms with Crippen LogP contribution in [0.1, 0.15) is 17.4 Å². The average Bonchev–Trinajstić information content (AvgIpc) is 2.71. The first-order valence-electron chi connectivity index (χ1n) is 8.79. The zero-order valence-electron chi connectivity index (χ0n) is 16.3. The molecule has 2 heterocycles. The molecule has 0 aliphatic heterocycles. The molecule has 0 radical (unpaired) electrons. The summed E-state index contributed by atoms with van der Waals surface area (Å²) >= 11 is 0. The van der Waals surface area contributed by atoms with Gasteiger partial charge >= 0.3 is 10.2 Å². The van der Waals surface area contributed by atoms with Crippen LogP contribution in [0.25, 0.3) is 11.4 Å². The van der Waals surface area contributed by atoms with Crippen LogP contribution in [0.3, 0.4) is 0 Å². The van der Waals surface area contributed by atoms with E-state index in [1.807, 2.05) is 0 Å². The van der Waals surface area contributed by atoms with Crippen LogP contribution in [0.4, 0.5) is 31.1 Å². The molecule has 13 heteroatoms. The van der Waals surface area contributed by atoms with Crippen LogP contribution in [-0.4, -0.2) is 44.3 Å². The fourth-order valence-electron chi connectivity index (χ4n) is 2.46. The van der Waals surface area contributed by atoms with Crippen LogP contribution < -0.4 is 5.32 Å². The van der Waals surface area contributed by atoms with Crippen molar-refractivity contribution < 1.29 is 24.2 Å². The van der Waals surface area contributed by atoms with E-state index in [2.05, 4.69) is 25.3 Å². The smallest absolute Gasteiger partial charge is 0.310 e. The normalized spacial score (nSPS) is 13.8. The van der Waals surface area contributed by atoms with Crippen molar-refractivity contribution in [2.45, 2.75) is 11.8 Å². The summed E-state index contributed by atoms with van der Waals surface area (Å²) in [7, 11) is -8.21. The molecule has 0 bridgehead atoms. The van der Waals surface area contributed by atoms with Gasteiger partial charge in [0.15, 0.2) is 5.82 Å². The molecular weight excluding hydrogens is 443 g/mol. The molecule has 0 fully saturated rings. The molecule has 0 aliphatic carbocycles. The monoisotopic (exact) mass is 460 g/mol. The molecule has 0 spiro atoms. The van der Waals surface area contributed by atoms with Gasteiger partial charge in [-0.2, -0.15) is 4.98 Å². The summed E-state index contributed by atoms with van der Waals surface area (Å²) in [4.78, 5) is 27.6. The Bertz CT molecular complexity index is 1140. The summed E-state index contributed by atoms with van der Waals surface area (Å²) in [5.41, 5.74) is 0.285. The van der Waals surface area contributed by atoms with E-state index in [4.69, 9.17) is 0 Å². The number of benzene rings is 1. The predicted octanol–water partition coefficient (Wildman–Crippen LogP) is 5.43. The lowest BCUT2D eigenvalue weighted by Crippen LogP contribution is -2.27. The number of rotatable bonds is 6. The molecule has 2 aromatic heterocycles. The zero-order chi connectivity index (χ0) is 22.9. The van der Waals surface area contributed by atoms with Gasteiger partial charge in [0.2, 0.25) is 5.95 Å². The molecule has 31 heavy (non-hydrogen) atoms. The largest absolute Gasteiger partial charge is 0.341 e. The Kier molecular flexibility index (Phi) is 5.13. The van der Waals surface area contributed by atoms with E-state index in [0.29, 0.717) is 18.2 Å². The second-order valence-corrected chi connectivity index (χ2v) is 8.91. The Hall–Kier alpha value is -3.35. The van der Waals surface area contributed by atoms with Crippen molar-refractivity contribution in [3.63, 3.8) is 0 Å². The number of carbonyl (C=O) groups is 1. The van der Waals surface area contributed by atoms with Crippen molar-refractivity contribution in [2.75, 3.05) is 18.9 Å². The fraction of sp³-hybridized carbons (Fsp3) is 0.167. The average molecular weight is 460 g/mol. The standard InChI is InChI=1S/C18H17F5N6OS/c1-3-29(2)17(30)15-9-12(7-8-24-15)16-25-11-26-18(28-16)27-13-5-4-6-14(10-13)31(19,20,21,22)23/h4-11H,3H2,1-2H3,(H,25,26,27,28). The van der Waals surface area contributed by atoms with Crippen molar-refractivity contribution in [1.29, 1.82) is 0 Å². The first kappa shape index (κ1) is 22.3. The zero-order valence-corrected chi connectivity index (χ0v) is 17.1. The Morgan fingerprint density at radius 3 is 2.48 bits per heavy atom. The van der Waals surface area contributed by atoms with E-state index in [0.717, 1.165) is 12.4 Å². The number of nitrogens with zero attached hydrogens (tertiary/aromatic N) is 5. The van der Waals surface area contributed by atoms with E-state index < -0.39 is 15.1 Å². The van der Waals surface area contributed by atoms with Gasteiger partial charge in [-0.1, -0.05) is 25.5 Å². The number of anilines is 2. The third-order valence-electron chi connectivity index (χ3n) is 4.17. The quantitative estimate of drug-likeness (QED) is 0.494. The molecule has 0 saturated carbocycles. The van der Waals surface area contributed by atoms with E-state index in [1.165, 1.54) is 29.3 Å². The number of carbonyl (C=O) groups excluding carboxylic acids is 1. The Morgan fingerprint density at radius 1 is 1.06 bits per heavy atom. The van der Waals surface area contributed by atoms with Crippen LogP contribution in [0.5, 0.6) is 0 Å². The van der Waals surface area contributed by atoms with Gasteiger partial charge in [0.25, 0.3) is 5.91 Å². The van der Waals surface area contributed by atoms with E-state index >= 15 is 0 Å². The highest BCUT2D eigenvalue weighted by Gasteiger charge is 2.65. The lowest BCUT2D eigenvalue weighted by atomic mass is 10.2. The number of hydrogen-bond donors (Lipinski definition) is 1. The summed E-state index contributed by atoms with van der Waals surface area (Å²) in [6, 6.07) is 5.60. The third kappa shape index (κ3) is 5.42. The molecule has 0 aliphatic rings. The van der Waals surface area contributed by atoms with Gasteiger partial charge < -0.3 is 10.2 Å². The summed E-state index contributed by atoms with van der Waals surface area (Å²) in [5.74, 6) is -0.374. The number of aromatic nitrogens is 4. The van der Waals surface area contributed by atoms with Gasteiger partial charge in [-0.15, -0.1) is 0 Å². The minimum absolute atomic E-state index is 0.108. The molecule has 3 aromatic rings. The van der Waals surface area contributed by atoms with Crippen LogP contribution >= 0.6 is 10.2 Å². The summed E-state index contributed by atoms with van der Waals surface area (Å²) in [5, 5.41) is 2.46. The predicted molar refractivity (Wildman–Crippen MR) is 107 cm³/mol. The van der Waals surface area contributed by atoms with Gasteiger partial charge in [0, 0.05) is 31.0 Å². The maximum Gasteiger partial charge on any atom is 0.310 e. The lowest BCUT2D eigenvalue weighted by molar-refractivity contribution is 0.0796. The van der Waals surface area contributed by atoms with Crippen LogP contribution in [0.15, 0.2) is 53.8 Å². The second-order valence-electron chi connectivity index (χ2n) is 6.50. The van der Waals surface area contributed by atoms with Gasteiger partial charge in [-0.25, -0.2) is 9.97 Å². The minimum Gasteiger partial charge on any atom is -0.341 e. The van der Waals surface area contributed by atoms with Crippen molar-refractivity contribution >= 4 is 27.8 Å². The number of nitrogens with one attached hydrogen (secondary N) is 1. The van der Waals surface area contributed by atoms with Crippen molar-refractivity contribution in [1.82, 2.24) is 24.8 Å². The number of amides is 1. The first-order chi connectivity index (χ1) is 14.3. The SMILES string of the molecule is CCN(C)C(=O)c1cc(-c2ncnc(Nc3cccc(S(F)(F)(F)(F)F)c3)n2)ccn1. The maximum absolute atomic E-state index is 13.0. The Morgan fingerprint density at radius 2 is 1.81 bits per heavy atom. The minimum atomic E-state index is -9.82. The summed E-state index contributed by atoms with van der Waals surface area (Å²) in [6.45, 7) is 2.28. The molecule has 7 nitrogen and oxygen atoms in total. The van der Waals surface area contributed by atoms with Crippen LogP contribution in [-0.2, 0) is 0 Å². The molecule has 1 N–H and O–H groups in total. The summed E-state index contributed by atoms with van der Waals surface area (Å²) in [6.07, 6.45) is 2.49. The summed E-state index contributed by atoms with van der Waals surface area (Å²) < 4.78 is 65.2. The van der Waals surface area contributed by atoms with Crippen LogP contribution in [0, 0.1) is 0 Å². The second kappa shape index (κ2) is 7.11. The van der Waals surface area contributed by atoms with Gasteiger partial charge in [0.1, 0.15) is 16.9 Å². The third-order valence-corrected chi connectivity index (χ3v) is 5.31. The number of pyridine rings is 1. The van der Waals surface area contributed by atoms with Crippen LogP contribution in [0.2, 0.25) is 0 Å².